The number of hydrogen-bond acceptors (Lipinski definition) is 6. The number of aliphatic hydroxyl groups excluding tert-OH is 1. The van der Waals surface area contributed by atoms with Gasteiger partial charge in [0, 0.05) is 43.6 Å². The third-order valence-electron chi connectivity index (χ3n) is 7.17. The zero-order valence-corrected chi connectivity index (χ0v) is 23.8. The molecule has 2 aromatic carbocycles. The molecule has 3 N–H and O–H groups in total. The monoisotopic (exact) mass is 571 g/mol. The van der Waals surface area contributed by atoms with Crippen molar-refractivity contribution in [3.05, 3.63) is 82.6 Å². The highest BCUT2D eigenvalue weighted by Gasteiger charge is 2.29. The van der Waals surface area contributed by atoms with E-state index in [-0.39, 0.29) is 34.1 Å². The summed E-state index contributed by atoms with van der Waals surface area (Å²) in [7, 11) is -2.52. The van der Waals surface area contributed by atoms with Crippen LogP contribution in [0.25, 0.3) is 11.1 Å². The molecule has 0 fully saturated rings. The minimum absolute atomic E-state index is 0.0396. The smallest absolute Gasteiger partial charge is 0.337 e. The number of carboxylic acid groups (broad SMARTS) is 1. The Bertz CT molecular complexity index is 1440. The molecule has 0 radical (unpaired) electrons. The standard InChI is InChI=1S/C29H34ClN3O5S/c1-29(2,14-19-10-20-6-4-5-7-21(20)11-19)32-16-24(34)18-33(3)39(37,38)25-12-23(15-31-17-25)22-8-9-26(28(35)36)27(30)13-22/h4-9,12-13,15,17,19,24,32,34H,10-11,14,16,18H2,1-3H3,(H,35,36)/t24-/m1/s1. The molecule has 0 saturated carbocycles. The number of hydrogen-bond donors (Lipinski definition) is 3. The van der Waals surface area contributed by atoms with E-state index in [4.69, 9.17) is 11.6 Å². The van der Waals surface area contributed by atoms with Crippen molar-refractivity contribution in [3.63, 3.8) is 0 Å². The number of aromatic nitrogens is 1. The number of nitrogens with zero attached hydrogens (tertiary/aromatic N) is 2. The van der Waals surface area contributed by atoms with Crippen LogP contribution >= 0.6 is 11.6 Å². The van der Waals surface area contributed by atoms with Gasteiger partial charge in [-0.1, -0.05) is 41.9 Å². The Morgan fingerprint density at radius 1 is 1.13 bits per heavy atom. The van der Waals surface area contributed by atoms with Gasteiger partial charge in [-0.05, 0) is 73.9 Å². The Kier molecular flexibility index (Phi) is 8.78. The lowest BCUT2D eigenvalue weighted by Crippen LogP contribution is -2.47. The number of halogens is 1. The average molecular weight is 572 g/mol. The van der Waals surface area contributed by atoms with Crippen LogP contribution in [-0.4, -0.2) is 65.7 Å². The topological polar surface area (TPSA) is 120 Å². The van der Waals surface area contributed by atoms with Crippen LogP contribution in [0.3, 0.4) is 0 Å². The number of rotatable bonds is 11. The third-order valence-corrected chi connectivity index (χ3v) is 9.27. The minimum atomic E-state index is -3.94. The Hall–Kier alpha value is -2.82. The number of benzene rings is 2. The highest BCUT2D eigenvalue weighted by Crippen LogP contribution is 2.32. The lowest BCUT2D eigenvalue weighted by Gasteiger charge is -2.31. The van der Waals surface area contributed by atoms with Gasteiger partial charge in [-0.25, -0.2) is 13.2 Å². The Balaban J connectivity index is 1.35. The summed E-state index contributed by atoms with van der Waals surface area (Å²) < 4.78 is 27.6. The van der Waals surface area contributed by atoms with E-state index in [1.165, 1.54) is 48.8 Å². The van der Waals surface area contributed by atoms with Gasteiger partial charge in [-0.2, -0.15) is 4.31 Å². The second-order valence-corrected chi connectivity index (χ2v) is 13.3. The van der Waals surface area contributed by atoms with Gasteiger partial charge < -0.3 is 15.5 Å². The van der Waals surface area contributed by atoms with E-state index in [9.17, 15) is 23.4 Å². The molecule has 0 amide bonds. The third kappa shape index (κ3) is 7.04. The van der Waals surface area contributed by atoms with Crippen molar-refractivity contribution in [1.29, 1.82) is 0 Å². The molecule has 0 aliphatic heterocycles. The summed E-state index contributed by atoms with van der Waals surface area (Å²) in [5, 5.41) is 23.3. The summed E-state index contributed by atoms with van der Waals surface area (Å²) in [5.74, 6) is -0.622. The molecule has 8 nitrogen and oxygen atoms in total. The van der Waals surface area contributed by atoms with Gasteiger partial charge in [-0.3, -0.25) is 4.98 Å². The van der Waals surface area contributed by atoms with Gasteiger partial charge in [0.25, 0.3) is 0 Å². The number of pyridine rings is 1. The maximum Gasteiger partial charge on any atom is 0.337 e. The summed E-state index contributed by atoms with van der Waals surface area (Å²) >= 11 is 6.08. The largest absolute Gasteiger partial charge is 0.478 e. The van der Waals surface area contributed by atoms with Gasteiger partial charge in [0.05, 0.1) is 16.7 Å². The van der Waals surface area contributed by atoms with E-state index in [2.05, 4.69) is 48.4 Å². The lowest BCUT2D eigenvalue weighted by molar-refractivity contribution is 0.0697. The molecular formula is C29H34ClN3O5S. The molecule has 1 aliphatic rings. The predicted octanol–water partition coefficient (Wildman–Crippen LogP) is 4.25. The molecule has 39 heavy (non-hydrogen) atoms. The van der Waals surface area contributed by atoms with E-state index in [0.717, 1.165) is 23.6 Å². The van der Waals surface area contributed by atoms with E-state index in [0.29, 0.717) is 17.0 Å². The maximum absolute atomic E-state index is 13.3. The van der Waals surface area contributed by atoms with Crippen LogP contribution in [0.15, 0.2) is 65.8 Å². The van der Waals surface area contributed by atoms with Gasteiger partial charge in [0.2, 0.25) is 10.0 Å². The van der Waals surface area contributed by atoms with Gasteiger partial charge in [0.1, 0.15) is 4.90 Å². The number of carbonyl (C=O) groups is 1. The van der Waals surface area contributed by atoms with Crippen LogP contribution in [0.5, 0.6) is 0 Å². The first-order chi connectivity index (χ1) is 18.4. The molecule has 1 aliphatic carbocycles. The Morgan fingerprint density at radius 2 is 1.79 bits per heavy atom. The Morgan fingerprint density at radius 3 is 2.41 bits per heavy atom. The molecule has 4 rings (SSSR count). The van der Waals surface area contributed by atoms with Gasteiger partial charge in [-0.15, -0.1) is 0 Å². The number of fused-ring (bicyclic) bond motifs is 1. The molecule has 208 valence electrons. The van der Waals surface area contributed by atoms with Crippen molar-refractivity contribution in [2.45, 2.75) is 49.6 Å². The second-order valence-electron chi connectivity index (χ2n) is 10.9. The minimum Gasteiger partial charge on any atom is -0.478 e. The van der Waals surface area contributed by atoms with E-state index in [1.807, 2.05) is 0 Å². The molecule has 10 heteroatoms. The molecule has 1 heterocycles. The van der Waals surface area contributed by atoms with E-state index >= 15 is 0 Å². The first-order valence-corrected chi connectivity index (χ1v) is 14.6. The molecule has 3 aromatic rings. The number of carboxylic acids is 1. The summed E-state index contributed by atoms with van der Waals surface area (Å²) in [4.78, 5) is 15.3. The first kappa shape index (κ1) is 29.2. The number of likely N-dealkylation sites (N-methyl/N-ethyl adjacent to an activating group) is 1. The number of β-amino-alcohol motifs (C(OH)–C–C–N with tert-alkyl or cyclic N) is 1. The van der Waals surface area contributed by atoms with Crippen molar-refractivity contribution in [3.8, 4) is 11.1 Å². The van der Waals surface area contributed by atoms with E-state index in [1.54, 1.807) is 6.07 Å². The highest BCUT2D eigenvalue weighted by molar-refractivity contribution is 7.89. The predicted molar refractivity (Wildman–Crippen MR) is 152 cm³/mol. The molecule has 0 unspecified atom stereocenters. The van der Waals surface area contributed by atoms with Crippen LogP contribution in [0.2, 0.25) is 5.02 Å². The fourth-order valence-electron chi connectivity index (χ4n) is 5.21. The lowest BCUT2D eigenvalue weighted by atomic mass is 9.88. The van der Waals surface area contributed by atoms with Crippen LogP contribution in [0, 0.1) is 5.92 Å². The fourth-order valence-corrected chi connectivity index (χ4v) is 6.67. The van der Waals surface area contributed by atoms with Crippen LogP contribution in [0.4, 0.5) is 0 Å². The zero-order chi connectivity index (χ0) is 28.4. The molecular weight excluding hydrogens is 538 g/mol. The van der Waals surface area contributed by atoms with Crippen molar-refractivity contribution < 1.29 is 23.4 Å². The maximum atomic E-state index is 13.3. The van der Waals surface area contributed by atoms with Crippen molar-refractivity contribution in [2.75, 3.05) is 20.1 Å². The van der Waals surface area contributed by atoms with Gasteiger partial charge in [0.15, 0.2) is 0 Å². The van der Waals surface area contributed by atoms with Crippen LogP contribution in [-0.2, 0) is 22.9 Å². The zero-order valence-electron chi connectivity index (χ0n) is 22.3. The summed E-state index contributed by atoms with van der Waals surface area (Å²) in [5.41, 5.74) is 3.56. The van der Waals surface area contributed by atoms with Crippen molar-refractivity contribution in [1.82, 2.24) is 14.6 Å². The van der Waals surface area contributed by atoms with Crippen LogP contribution < -0.4 is 5.32 Å². The summed E-state index contributed by atoms with van der Waals surface area (Å²) in [6.45, 7) is 4.37. The van der Waals surface area contributed by atoms with Crippen molar-refractivity contribution >= 4 is 27.6 Å². The van der Waals surface area contributed by atoms with E-state index < -0.39 is 22.1 Å². The number of nitrogens with one attached hydrogen (secondary N) is 1. The SMILES string of the molecule is CN(C[C@H](O)CNC(C)(C)CC1Cc2ccccc2C1)S(=O)(=O)c1cncc(-c2ccc(C(=O)O)c(Cl)c2)c1. The van der Waals surface area contributed by atoms with Crippen LogP contribution in [0.1, 0.15) is 41.8 Å². The molecule has 1 aromatic heterocycles. The number of sulfonamides is 1. The first-order valence-electron chi connectivity index (χ1n) is 12.8. The summed E-state index contributed by atoms with van der Waals surface area (Å²) in [6.07, 6.45) is 4.86. The summed E-state index contributed by atoms with van der Waals surface area (Å²) in [6, 6.07) is 14.4. The fraction of sp³-hybridized carbons (Fsp3) is 0.379. The number of aromatic carboxylic acids is 1. The van der Waals surface area contributed by atoms with Crippen molar-refractivity contribution in [2.24, 2.45) is 5.92 Å². The van der Waals surface area contributed by atoms with Gasteiger partial charge >= 0.3 is 5.97 Å². The quantitative estimate of drug-likeness (QED) is 0.314. The number of aliphatic hydroxyl groups is 1. The molecule has 0 bridgehead atoms. The second kappa shape index (κ2) is 11.7. The molecule has 1 atom stereocenters. The molecule has 0 spiro atoms. The molecule has 0 saturated heterocycles. The highest BCUT2D eigenvalue weighted by atomic mass is 35.5. The Labute approximate surface area is 234 Å². The normalized spacial score (nSPS) is 14.9. The average Bonchev–Trinajstić information content (AvgIpc) is 3.29.